The second-order valence-electron chi connectivity index (χ2n) is 6.30. The Labute approximate surface area is 104 Å². The number of aliphatic hydroxyl groups is 1. The van der Waals surface area contributed by atoms with E-state index >= 15 is 0 Å². The number of aliphatic hydroxyl groups excluding tert-OH is 1. The van der Waals surface area contributed by atoms with Crippen molar-refractivity contribution in [3.63, 3.8) is 0 Å². The molecule has 0 aliphatic carbocycles. The van der Waals surface area contributed by atoms with E-state index in [1.54, 1.807) is 6.92 Å². The fourth-order valence-electron chi connectivity index (χ4n) is 2.24. The molecule has 0 aromatic heterocycles. The van der Waals surface area contributed by atoms with Crippen molar-refractivity contribution in [2.45, 2.75) is 60.0 Å². The molecule has 0 aliphatic heterocycles. The molecule has 0 radical (unpaired) electrons. The van der Waals surface area contributed by atoms with Crippen LogP contribution in [0.1, 0.15) is 53.9 Å². The van der Waals surface area contributed by atoms with Crippen molar-refractivity contribution in [1.29, 1.82) is 0 Å². The summed E-state index contributed by atoms with van der Waals surface area (Å²) >= 11 is 0. The summed E-state index contributed by atoms with van der Waals surface area (Å²) in [5.41, 5.74) is 0.00338. The minimum atomic E-state index is -0.572. The molecule has 0 saturated carbocycles. The minimum Gasteiger partial charge on any atom is -0.393 e. The van der Waals surface area contributed by atoms with Gasteiger partial charge in [0, 0.05) is 0 Å². The zero-order valence-corrected chi connectivity index (χ0v) is 11.6. The summed E-state index contributed by atoms with van der Waals surface area (Å²) in [4.78, 5) is 15.3. The van der Waals surface area contributed by atoms with Gasteiger partial charge in [-0.2, -0.15) is 5.26 Å². The highest BCUT2D eigenvalue weighted by Gasteiger charge is 2.28. The van der Waals surface area contributed by atoms with Gasteiger partial charge in [0.2, 0.25) is 0 Å². The lowest BCUT2D eigenvalue weighted by Gasteiger charge is -2.26. The highest BCUT2D eigenvalue weighted by atomic mass is 17.1. The van der Waals surface area contributed by atoms with E-state index in [0.29, 0.717) is 19.3 Å². The number of rotatable bonds is 6. The third kappa shape index (κ3) is 8.16. The Hall–Kier alpha value is -0.610. The largest absolute Gasteiger partial charge is 0.393 e. The van der Waals surface area contributed by atoms with Gasteiger partial charge in [-0.15, -0.1) is 0 Å². The first-order valence-electron chi connectivity index (χ1n) is 6.19. The van der Waals surface area contributed by atoms with Crippen LogP contribution in [0, 0.1) is 17.3 Å². The van der Waals surface area contributed by atoms with Crippen LogP contribution >= 0.6 is 0 Å². The summed E-state index contributed by atoms with van der Waals surface area (Å²) in [5.74, 6) is -0.660. The molecule has 4 heteroatoms. The van der Waals surface area contributed by atoms with Crippen molar-refractivity contribution >= 4 is 5.97 Å². The monoisotopic (exact) mass is 246 g/mol. The summed E-state index contributed by atoms with van der Waals surface area (Å²) in [6.07, 6.45) is 1.57. The number of carbonyl (C=O) groups excluding carboxylic acids is 1. The predicted octanol–water partition coefficient (Wildman–Crippen LogP) is 2.85. The molecule has 0 bridgehead atoms. The topological polar surface area (TPSA) is 66.8 Å². The Morgan fingerprint density at radius 2 is 1.76 bits per heavy atom. The normalized spacial score (nSPS) is 17.4. The van der Waals surface area contributed by atoms with E-state index in [9.17, 15) is 9.90 Å². The van der Waals surface area contributed by atoms with Crippen LogP contribution in [-0.2, 0) is 9.68 Å². The Morgan fingerprint density at radius 1 is 1.24 bits per heavy atom. The maximum Gasteiger partial charge on any atom is 0.345 e. The molecule has 0 saturated heterocycles. The van der Waals surface area contributed by atoms with Gasteiger partial charge in [-0.3, -0.25) is 0 Å². The lowest BCUT2D eigenvalue weighted by atomic mass is 9.80. The van der Waals surface area contributed by atoms with Gasteiger partial charge in [-0.05, 0) is 37.5 Å². The Morgan fingerprint density at radius 3 is 2.12 bits per heavy atom. The first-order valence-corrected chi connectivity index (χ1v) is 6.19. The average Bonchev–Trinajstić information content (AvgIpc) is 2.11. The van der Waals surface area contributed by atoms with E-state index in [-0.39, 0.29) is 23.4 Å². The van der Waals surface area contributed by atoms with Gasteiger partial charge in [-0.25, -0.2) is 4.79 Å². The molecule has 3 atom stereocenters. The van der Waals surface area contributed by atoms with Gasteiger partial charge in [0.25, 0.3) is 0 Å². The van der Waals surface area contributed by atoms with Gasteiger partial charge in [0.05, 0.1) is 12.0 Å². The molecule has 0 fully saturated rings. The van der Waals surface area contributed by atoms with Crippen molar-refractivity contribution in [2.24, 2.45) is 17.3 Å². The molecular weight excluding hydrogens is 220 g/mol. The van der Waals surface area contributed by atoms with Crippen LogP contribution in [0.5, 0.6) is 0 Å². The summed E-state index contributed by atoms with van der Waals surface area (Å²) < 4.78 is 0. The Bertz CT molecular complexity index is 230. The molecule has 3 unspecified atom stereocenters. The van der Waals surface area contributed by atoms with Crippen LogP contribution < -0.4 is 0 Å². The third-order valence-electron chi connectivity index (χ3n) is 2.71. The van der Waals surface area contributed by atoms with Crippen molar-refractivity contribution in [2.75, 3.05) is 0 Å². The standard InChI is InChI=1S/C13H26O4/c1-9(6-10(2)14)7-11(12(15)17-16)8-13(3,4)5/h9-11,14,16H,6-8H2,1-5H3. The predicted molar refractivity (Wildman–Crippen MR) is 66.4 cm³/mol. The minimum absolute atomic E-state index is 0.00338. The van der Waals surface area contributed by atoms with Gasteiger partial charge in [0.1, 0.15) is 0 Å². The highest BCUT2D eigenvalue weighted by molar-refractivity contribution is 5.71. The van der Waals surface area contributed by atoms with E-state index in [1.807, 2.05) is 27.7 Å². The van der Waals surface area contributed by atoms with E-state index in [2.05, 4.69) is 4.89 Å². The van der Waals surface area contributed by atoms with Crippen LogP contribution in [-0.4, -0.2) is 22.4 Å². The summed E-state index contributed by atoms with van der Waals surface area (Å²) in [6.45, 7) is 9.87. The fraction of sp³-hybridized carbons (Fsp3) is 0.923. The van der Waals surface area contributed by atoms with Crippen molar-refractivity contribution in [3.05, 3.63) is 0 Å². The molecule has 0 spiro atoms. The maximum absolute atomic E-state index is 11.5. The third-order valence-corrected chi connectivity index (χ3v) is 2.71. The average molecular weight is 246 g/mol. The number of carbonyl (C=O) groups is 1. The van der Waals surface area contributed by atoms with Crippen molar-refractivity contribution < 1.29 is 20.0 Å². The molecule has 17 heavy (non-hydrogen) atoms. The van der Waals surface area contributed by atoms with Crippen LogP contribution in [0.3, 0.4) is 0 Å². The van der Waals surface area contributed by atoms with Crippen LogP contribution in [0.4, 0.5) is 0 Å². The molecule has 0 aromatic carbocycles. The van der Waals surface area contributed by atoms with Crippen molar-refractivity contribution in [3.8, 4) is 0 Å². The Kier molecular flexibility index (Phi) is 6.72. The van der Waals surface area contributed by atoms with Gasteiger partial charge in [-0.1, -0.05) is 27.7 Å². The van der Waals surface area contributed by atoms with Crippen LogP contribution in [0.15, 0.2) is 0 Å². The first-order chi connectivity index (χ1) is 7.65. The summed E-state index contributed by atoms with van der Waals surface area (Å²) in [7, 11) is 0. The highest BCUT2D eigenvalue weighted by Crippen LogP contribution is 2.30. The van der Waals surface area contributed by atoms with Crippen LogP contribution in [0.2, 0.25) is 0 Å². The van der Waals surface area contributed by atoms with Gasteiger partial charge < -0.3 is 9.99 Å². The van der Waals surface area contributed by atoms with Gasteiger partial charge >= 0.3 is 5.97 Å². The number of hydrogen-bond acceptors (Lipinski definition) is 4. The first kappa shape index (κ1) is 16.4. The number of hydrogen-bond donors (Lipinski definition) is 2. The van der Waals surface area contributed by atoms with E-state index in [4.69, 9.17) is 5.26 Å². The Balaban J connectivity index is 4.44. The summed E-state index contributed by atoms with van der Waals surface area (Å²) in [6, 6.07) is 0. The van der Waals surface area contributed by atoms with E-state index in [1.165, 1.54) is 0 Å². The second-order valence-corrected chi connectivity index (χ2v) is 6.30. The SMILES string of the molecule is CC(O)CC(C)CC(CC(C)(C)C)C(=O)OO. The lowest BCUT2D eigenvalue weighted by Crippen LogP contribution is -2.25. The smallest absolute Gasteiger partial charge is 0.345 e. The lowest BCUT2D eigenvalue weighted by molar-refractivity contribution is -0.240. The molecule has 0 amide bonds. The molecule has 102 valence electrons. The molecule has 0 aliphatic rings. The van der Waals surface area contributed by atoms with Crippen LogP contribution in [0.25, 0.3) is 0 Å². The van der Waals surface area contributed by atoms with E-state index < -0.39 is 5.97 Å². The summed E-state index contributed by atoms with van der Waals surface area (Å²) in [5, 5.41) is 17.8. The fourth-order valence-corrected chi connectivity index (χ4v) is 2.24. The van der Waals surface area contributed by atoms with Crippen molar-refractivity contribution in [1.82, 2.24) is 0 Å². The maximum atomic E-state index is 11.5. The zero-order chi connectivity index (χ0) is 13.6. The zero-order valence-electron chi connectivity index (χ0n) is 11.6. The second kappa shape index (κ2) is 6.97. The van der Waals surface area contributed by atoms with Gasteiger partial charge in [0.15, 0.2) is 0 Å². The molecule has 4 nitrogen and oxygen atoms in total. The molecule has 0 heterocycles. The molecule has 2 N–H and O–H groups in total. The molecule has 0 rings (SSSR count). The molecular formula is C13H26O4. The molecule has 0 aromatic rings. The van der Waals surface area contributed by atoms with E-state index in [0.717, 1.165) is 0 Å². The quantitative estimate of drug-likeness (QED) is 0.558.